The Morgan fingerprint density at radius 3 is 1.56 bits per heavy atom. The van der Waals surface area contributed by atoms with Crippen LogP contribution in [0.1, 0.15) is 129 Å². The zero-order chi connectivity index (χ0) is 20.1. The number of hydrogen-bond acceptors (Lipinski definition) is 3. The van der Waals surface area contributed by atoms with E-state index >= 15 is 0 Å². The molecular weight excluding hydrogens is 332 g/mol. The number of hydrogen-bond donors (Lipinski definition) is 2. The van der Waals surface area contributed by atoms with Crippen molar-refractivity contribution in [2.75, 3.05) is 19.8 Å². The van der Waals surface area contributed by atoms with E-state index in [-0.39, 0.29) is 5.54 Å². The van der Waals surface area contributed by atoms with Crippen molar-refractivity contribution in [1.29, 1.82) is 0 Å². The minimum absolute atomic E-state index is 0.0681. The van der Waals surface area contributed by atoms with Gasteiger partial charge in [0.25, 0.3) is 0 Å². The van der Waals surface area contributed by atoms with Crippen LogP contribution in [0.2, 0.25) is 0 Å². The lowest BCUT2D eigenvalue weighted by Crippen LogP contribution is -2.42. The van der Waals surface area contributed by atoms with Crippen LogP contribution >= 0.6 is 0 Å². The number of nitrogens with two attached hydrogens (primary N) is 2. The Morgan fingerprint density at radius 2 is 1.00 bits per heavy atom. The van der Waals surface area contributed by atoms with Crippen LogP contribution in [0.25, 0.3) is 0 Å². The van der Waals surface area contributed by atoms with Gasteiger partial charge in [0.15, 0.2) is 0 Å². The molecule has 1 unspecified atom stereocenters. The number of unbranched alkanes of at least 4 members (excludes halogenated alkanes) is 12. The molecule has 0 bridgehead atoms. The molecule has 0 spiro atoms. The maximum Gasteiger partial charge on any atom is 0.0466 e. The van der Waals surface area contributed by atoms with Crippen LogP contribution in [-0.2, 0) is 4.74 Å². The molecule has 3 nitrogen and oxygen atoms in total. The van der Waals surface area contributed by atoms with Gasteiger partial charge in [0.05, 0.1) is 0 Å². The first-order valence-corrected chi connectivity index (χ1v) is 12.2. The van der Waals surface area contributed by atoms with Crippen LogP contribution < -0.4 is 11.5 Å². The van der Waals surface area contributed by atoms with E-state index in [0.29, 0.717) is 6.54 Å². The largest absolute Gasteiger partial charge is 0.381 e. The van der Waals surface area contributed by atoms with Crippen molar-refractivity contribution in [3.8, 4) is 0 Å². The van der Waals surface area contributed by atoms with Gasteiger partial charge in [-0.25, -0.2) is 0 Å². The molecule has 0 saturated heterocycles. The highest BCUT2D eigenvalue weighted by atomic mass is 16.5. The number of rotatable bonds is 22. The van der Waals surface area contributed by atoms with Gasteiger partial charge < -0.3 is 16.2 Å². The third-order valence-corrected chi connectivity index (χ3v) is 5.78. The van der Waals surface area contributed by atoms with E-state index in [0.717, 1.165) is 38.9 Å². The zero-order valence-corrected chi connectivity index (χ0v) is 18.9. The SMILES string of the molecule is CCCCCCCCCCOCCCC(N)(CCN)CCCCCCCC. The number of ether oxygens (including phenoxy) is 1. The standard InChI is InChI=1S/C24H52N2O/c1-3-5-7-9-11-12-14-16-22-27-23-17-19-24(26,20-21-25)18-15-13-10-8-6-4-2/h3-23,25-26H2,1-2H3. The van der Waals surface area contributed by atoms with Crippen molar-refractivity contribution in [2.24, 2.45) is 11.5 Å². The fourth-order valence-corrected chi connectivity index (χ4v) is 3.89. The topological polar surface area (TPSA) is 61.3 Å². The van der Waals surface area contributed by atoms with Gasteiger partial charge in [0.1, 0.15) is 0 Å². The van der Waals surface area contributed by atoms with E-state index in [1.54, 1.807) is 0 Å². The van der Waals surface area contributed by atoms with Crippen LogP contribution in [0.3, 0.4) is 0 Å². The molecule has 0 aliphatic rings. The molecule has 0 radical (unpaired) electrons. The Balaban J connectivity index is 3.57. The van der Waals surface area contributed by atoms with E-state index in [9.17, 15) is 0 Å². The van der Waals surface area contributed by atoms with Crippen LogP contribution in [0.15, 0.2) is 0 Å². The monoisotopic (exact) mass is 384 g/mol. The first-order chi connectivity index (χ1) is 13.2. The summed E-state index contributed by atoms with van der Waals surface area (Å²) in [5, 5.41) is 0. The fourth-order valence-electron chi connectivity index (χ4n) is 3.89. The maximum atomic E-state index is 6.64. The summed E-state index contributed by atoms with van der Waals surface area (Å²) in [5.74, 6) is 0. The molecule has 164 valence electrons. The second-order valence-corrected chi connectivity index (χ2v) is 8.61. The first kappa shape index (κ1) is 26.9. The summed E-state index contributed by atoms with van der Waals surface area (Å²) in [7, 11) is 0. The highest BCUT2D eigenvalue weighted by molar-refractivity contribution is 4.84. The molecule has 0 fully saturated rings. The zero-order valence-electron chi connectivity index (χ0n) is 18.9. The van der Waals surface area contributed by atoms with Gasteiger partial charge in [-0.15, -0.1) is 0 Å². The van der Waals surface area contributed by atoms with Crippen molar-refractivity contribution in [3.63, 3.8) is 0 Å². The summed E-state index contributed by atoms with van der Waals surface area (Å²) in [4.78, 5) is 0. The van der Waals surface area contributed by atoms with Crippen molar-refractivity contribution in [1.82, 2.24) is 0 Å². The summed E-state index contributed by atoms with van der Waals surface area (Å²) in [6, 6.07) is 0. The predicted octanol–water partition coefficient (Wildman–Crippen LogP) is 6.72. The second-order valence-electron chi connectivity index (χ2n) is 8.61. The molecule has 0 aromatic rings. The fraction of sp³-hybridized carbons (Fsp3) is 1.00. The molecular formula is C24H52N2O. The lowest BCUT2D eigenvalue weighted by atomic mass is 9.85. The third kappa shape index (κ3) is 19.0. The Hall–Kier alpha value is -0.120. The first-order valence-electron chi connectivity index (χ1n) is 12.2. The van der Waals surface area contributed by atoms with Gasteiger partial charge in [-0.3, -0.25) is 0 Å². The van der Waals surface area contributed by atoms with Crippen LogP contribution in [-0.4, -0.2) is 25.3 Å². The Bertz CT molecular complexity index is 286. The lowest BCUT2D eigenvalue weighted by Gasteiger charge is -2.29. The molecule has 0 saturated carbocycles. The van der Waals surface area contributed by atoms with Gasteiger partial charge in [-0.05, 0) is 38.6 Å². The lowest BCUT2D eigenvalue weighted by molar-refractivity contribution is 0.119. The van der Waals surface area contributed by atoms with Crippen molar-refractivity contribution >= 4 is 0 Å². The van der Waals surface area contributed by atoms with Crippen molar-refractivity contribution < 1.29 is 4.74 Å². The minimum atomic E-state index is -0.0681. The summed E-state index contributed by atoms with van der Waals surface area (Å²) in [5.41, 5.74) is 12.4. The molecule has 0 rings (SSSR count). The summed E-state index contributed by atoms with van der Waals surface area (Å²) in [6.45, 7) is 7.02. The van der Waals surface area contributed by atoms with Crippen molar-refractivity contribution in [3.05, 3.63) is 0 Å². The minimum Gasteiger partial charge on any atom is -0.381 e. The Morgan fingerprint density at radius 1 is 0.556 bits per heavy atom. The second kappa shape index (κ2) is 20.6. The summed E-state index contributed by atoms with van der Waals surface area (Å²) in [6.07, 6.45) is 23.0. The molecule has 27 heavy (non-hydrogen) atoms. The van der Waals surface area contributed by atoms with Gasteiger partial charge in [0.2, 0.25) is 0 Å². The molecule has 0 amide bonds. The van der Waals surface area contributed by atoms with E-state index in [1.807, 2.05) is 0 Å². The van der Waals surface area contributed by atoms with Crippen molar-refractivity contribution in [2.45, 2.75) is 135 Å². The van der Waals surface area contributed by atoms with Gasteiger partial charge in [0, 0.05) is 18.8 Å². The van der Waals surface area contributed by atoms with Gasteiger partial charge in [-0.2, -0.15) is 0 Å². The quantitative estimate of drug-likeness (QED) is 0.204. The average Bonchev–Trinajstić information content (AvgIpc) is 2.66. The Labute approximate surface area is 171 Å². The molecule has 0 heterocycles. The molecule has 0 aliphatic heterocycles. The summed E-state index contributed by atoms with van der Waals surface area (Å²) >= 11 is 0. The van der Waals surface area contributed by atoms with Gasteiger partial charge in [-0.1, -0.05) is 97.3 Å². The van der Waals surface area contributed by atoms with E-state index < -0.39 is 0 Å². The van der Waals surface area contributed by atoms with Gasteiger partial charge >= 0.3 is 0 Å². The van der Waals surface area contributed by atoms with E-state index in [4.69, 9.17) is 16.2 Å². The maximum absolute atomic E-state index is 6.64. The predicted molar refractivity (Wildman–Crippen MR) is 121 cm³/mol. The molecule has 3 heteroatoms. The third-order valence-electron chi connectivity index (χ3n) is 5.78. The van der Waals surface area contributed by atoms with Crippen LogP contribution in [0.4, 0.5) is 0 Å². The van der Waals surface area contributed by atoms with E-state index in [2.05, 4.69) is 13.8 Å². The molecule has 0 aromatic heterocycles. The summed E-state index contributed by atoms with van der Waals surface area (Å²) < 4.78 is 5.84. The van der Waals surface area contributed by atoms with Crippen LogP contribution in [0.5, 0.6) is 0 Å². The molecule has 0 aromatic carbocycles. The highest BCUT2D eigenvalue weighted by Crippen LogP contribution is 2.22. The average molecular weight is 385 g/mol. The normalized spacial score (nSPS) is 13.8. The van der Waals surface area contributed by atoms with E-state index in [1.165, 1.54) is 89.9 Å². The highest BCUT2D eigenvalue weighted by Gasteiger charge is 2.22. The molecule has 0 aliphatic carbocycles. The van der Waals surface area contributed by atoms with Crippen LogP contribution in [0, 0.1) is 0 Å². The smallest absolute Gasteiger partial charge is 0.0466 e. The molecule has 1 atom stereocenters. The molecule has 4 N–H and O–H groups in total. The Kier molecular flexibility index (Phi) is 20.5.